The molecule has 0 atom stereocenters. The van der Waals surface area contributed by atoms with Gasteiger partial charge in [-0.2, -0.15) is 0 Å². The lowest BCUT2D eigenvalue weighted by Crippen LogP contribution is -2.22. The minimum atomic E-state index is 0.0460. The Bertz CT molecular complexity index is 645. The standard InChI is InChI=1S/C26H41NO3/c1-3-4-5-6-7-8-9-10-11-12-13-14-15-16-17-18-26(29)27-22-23-19-20-24(28)25(21-23)30-2/h19-21,28H,3-12,15-18,22H2,1-2H3,(H,27,29). The Balaban J connectivity index is 1.96. The predicted octanol–water partition coefficient (Wildman–Crippen LogP) is 6.50. The molecular weight excluding hydrogens is 374 g/mol. The van der Waals surface area contributed by atoms with Crippen LogP contribution in [0.3, 0.4) is 0 Å². The third-order valence-corrected chi connectivity index (χ3v) is 5.22. The van der Waals surface area contributed by atoms with Crippen LogP contribution in [-0.4, -0.2) is 18.1 Å². The predicted molar refractivity (Wildman–Crippen MR) is 125 cm³/mol. The van der Waals surface area contributed by atoms with Gasteiger partial charge in [0.25, 0.3) is 0 Å². The molecule has 0 radical (unpaired) electrons. The number of amides is 1. The smallest absolute Gasteiger partial charge is 0.220 e. The molecule has 0 spiro atoms. The van der Waals surface area contributed by atoms with Crippen molar-refractivity contribution in [2.24, 2.45) is 0 Å². The maximum Gasteiger partial charge on any atom is 0.220 e. The molecule has 4 heteroatoms. The van der Waals surface area contributed by atoms with Crippen molar-refractivity contribution in [3.05, 3.63) is 23.8 Å². The highest BCUT2D eigenvalue weighted by Gasteiger charge is 2.05. The molecule has 0 aliphatic carbocycles. The zero-order valence-electron chi connectivity index (χ0n) is 19.1. The summed E-state index contributed by atoms with van der Waals surface area (Å²) in [5.74, 6) is 7.08. The second kappa shape index (κ2) is 17.7. The summed E-state index contributed by atoms with van der Waals surface area (Å²) in [7, 11) is 1.51. The summed E-state index contributed by atoms with van der Waals surface area (Å²) in [6.07, 6.45) is 16.4. The minimum Gasteiger partial charge on any atom is -0.504 e. The highest BCUT2D eigenvalue weighted by atomic mass is 16.5. The number of ether oxygens (including phenoxy) is 1. The fraction of sp³-hybridized carbons (Fsp3) is 0.654. The lowest BCUT2D eigenvalue weighted by atomic mass is 10.1. The molecule has 0 aliphatic heterocycles. The number of unbranched alkanes of at least 4 members (excludes halogenated alkanes) is 11. The summed E-state index contributed by atoms with van der Waals surface area (Å²) < 4.78 is 5.08. The van der Waals surface area contributed by atoms with E-state index >= 15 is 0 Å². The molecule has 1 rings (SSSR count). The van der Waals surface area contributed by atoms with Crippen LogP contribution < -0.4 is 10.1 Å². The number of hydrogen-bond donors (Lipinski definition) is 2. The van der Waals surface area contributed by atoms with Crippen molar-refractivity contribution in [2.45, 2.75) is 103 Å². The third-order valence-electron chi connectivity index (χ3n) is 5.22. The SMILES string of the molecule is CCCCCCCCCCCC#CCCCCC(=O)NCc1ccc(O)c(OC)c1. The van der Waals surface area contributed by atoms with Crippen LogP contribution in [0.1, 0.15) is 102 Å². The van der Waals surface area contributed by atoms with Crippen LogP contribution in [0.4, 0.5) is 0 Å². The summed E-state index contributed by atoms with van der Waals surface area (Å²) >= 11 is 0. The Morgan fingerprint density at radius 3 is 2.17 bits per heavy atom. The van der Waals surface area contributed by atoms with Crippen molar-refractivity contribution in [1.82, 2.24) is 5.32 Å². The Kier molecular flexibility index (Phi) is 15.3. The van der Waals surface area contributed by atoms with Crippen molar-refractivity contribution < 1.29 is 14.6 Å². The third kappa shape index (κ3) is 13.1. The van der Waals surface area contributed by atoms with Gasteiger partial charge in [-0.05, 0) is 37.0 Å². The molecule has 0 aliphatic rings. The Hall–Kier alpha value is -2.15. The zero-order valence-corrected chi connectivity index (χ0v) is 19.1. The number of phenolic OH excluding ortho intramolecular Hbond substituents is 1. The Labute approximate surface area is 183 Å². The number of phenols is 1. The largest absolute Gasteiger partial charge is 0.504 e. The van der Waals surface area contributed by atoms with Gasteiger partial charge in [0.15, 0.2) is 11.5 Å². The molecule has 0 unspecified atom stereocenters. The first-order valence-electron chi connectivity index (χ1n) is 11.8. The summed E-state index contributed by atoms with van der Waals surface area (Å²) in [5.41, 5.74) is 0.903. The Morgan fingerprint density at radius 2 is 1.53 bits per heavy atom. The van der Waals surface area contributed by atoms with Crippen LogP contribution in [0.25, 0.3) is 0 Å². The zero-order chi connectivity index (χ0) is 21.9. The van der Waals surface area contributed by atoms with E-state index in [0.717, 1.165) is 31.2 Å². The monoisotopic (exact) mass is 415 g/mol. The molecule has 4 nitrogen and oxygen atoms in total. The van der Waals surface area contributed by atoms with Gasteiger partial charge in [-0.15, -0.1) is 11.8 Å². The number of carbonyl (C=O) groups is 1. The van der Waals surface area contributed by atoms with Gasteiger partial charge < -0.3 is 15.2 Å². The molecule has 1 amide bonds. The van der Waals surface area contributed by atoms with E-state index in [0.29, 0.717) is 18.7 Å². The van der Waals surface area contributed by atoms with Gasteiger partial charge in [0.1, 0.15) is 0 Å². The lowest BCUT2D eigenvalue weighted by molar-refractivity contribution is -0.121. The number of aromatic hydroxyl groups is 1. The van der Waals surface area contributed by atoms with Crippen LogP contribution >= 0.6 is 0 Å². The molecule has 168 valence electrons. The van der Waals surface area contributed by atoms with Crippen LogP contribution in [-0.2, 0) is 11.3 Å². The van der Waals surface area contributed by atoms with E-state index in [9.17, 15) is 9.90 Å². The number of methoxy groups -OCH3 is 1. The van der Waals surface area contributed by atoms with Crippen molar-refractivity contribution in [1.29, 1.82) is 0 Å². The number of carbonyl (C=O) groups excluding carboxylic acids is 1. The van der Waals surface area contributed by atoms with Crippen molar-refractivity contribution >= 4 is 5.91 Å². The van der Waals surface area contributed by atoms with Gasteiger partial charge in [0.2, 0.25) is 5.91 Å². The van der Waals surface area contributed by atoms with Crippen LogP contribution in [0.2, 0.25) is 0 Å². The highest BCUT2D eigenvalue weighted by Crippen LogP contribution is 2.26. The molecule has 0 heterocycles. The molecule has 1 aromatic carbocycles. The van der Waals surface area contributed by atoms with Crippen LogP contribution in [0.5, 0.6) is 11.5 Å². The van der Waals surface area contributed by atoms with E-state index in [1.165, 1.54) is 64.9 Å². The average molecular weight is 416 g/mol. The van der Waals surface area contributed by atoms with Crippen molar-refractivity contribution in [3.8, 4) is 23.3 Å². The minimum absolute atomic E-state index is 0.0460. The van der Waals surface area contributed by atoms with Crippen LogP contribution in [0, 0.1) is 11.8 Å². The molecule has 30 heavy (non-hydrogen) atoms. The summed E-state index contributed by atoms with van der Waals surface area (Å²) in [4.78, 5) is 11.9. The molecular formula is C26H41NO3. The van der Waals surface area contributed by atoms with Gasteiger partial charge in [-0.1, -0.05) is 64.4 Å². The molecule has 0 saturated carbocycles. The second-order valence-electron chi connectivity index (χ2n) is 7.92. The molecule has 0 saturated heterocycles. The van der Waals surface area contributed by atoms with Gasteiger partial charge in [-0.3, -0.25) is 4.79 Å². The van der Waals surface area contributed by atoms with E-state index in [4.69, 9.17) is 4.74 Å². The summed E-state index contributed by atoms with van der Waals surface area (Å²) in [6.45, 7) is 2.70. The molecule has 0 fully saturated rings. The first-order chi connectivity index (χ1) is 14.7. The number of benzene rings is 1. The van der Waals surface area contributed by atoms with Gasteiger partial charge in [0, 0.05) is 25.8 Å². The quantitative estimate of drug-likeness (QED) is 0.239. The normalized spacial score (nSPS) is 10.3. The number of nitrogens with one attached hydrogen (secondary N) is 1. The van der Waals surface area contributed by atoms with Crippen molar-refractivity contribution in [2.75, 3.05) is 7.11 Å². The fourth-order valence-electron chi connectivity index (χ4n) is 3.32. The lowest BCUT2D eigenvalue weighted by Gasteiger charge is -2.08. The fourth-order valence-corrected chi connectivity index (χ4v) is 3.32. The summed E-state index contributed by atoms with van der Waals surface area (Å²) in [6, 6.07) is 5.09. The van der Waals surface area contributed by atoms with Crippen molar-refractivity contribution in [3.63, 3.8) is 0 Å². The van der Waals surface area contributed by atoms with E-state index in [2.05, 4.69) is 24.1 Å². The van der Waals surface area contributed by atoms with E-state index in [1.807, 2.05) is 0 Å². The molecule has 1 aromatic rings. The van der Waals surface area contributed by atoms with Crippen LogP contribution in [0.15, 0.2) is 18.2 Å². The van der Waals surface area contributed by atoms with Gasteiger partial charge in [-0.25, -0.2) is 0 Å². The topological polar surface area (TPSA) is 58.6 Å². The van der Waals surface area contributed by atoms with Gasteiger partial charge >= 0.3 is 0 Å². The molecule has 2 N–H and O–H groups in total. The maximum absolute atomic E-state index is 11.9. The first-order valence-corrected chi connectivity index (χ1v) is 11.8. The first kappa shape index (κ1) is 25.9. The summed E-state index contributed by atoms with van der Waals surface area (Å²) in [5, 5.41) is 12.5. The van der Waals surface area contributed by atoms with E-state index in [1.54, 1.807) is 18.2 Å². The number of rotatable bonds is 16. The molecule has 0 bridgehead atoms. The average Bonchev–Trinajstić information content (AvgIpc) is 2.75. The molecule has 0 aromatic heterocycles. The van der Waals surface area contributed by atoms with E-state index < -0.39 is 0 Å². The van der Waals surface area contributed by atoms with E-state index in [-0.39, 0.29) is 11.7 Å². The van der Waals surface area contributed by atoms with Gasteiger partial charge in [0.05, 0.1) is 7.11 Å². The number of hydrogen-bond acceptors (Lipinski definition) is 3. The second-order valence-corrected chi connectivity index (χ2v) is 7.92. The maximum atomic E-state index is 11.9. The highest BCUT2D eigenvalue weighted by molar-refractivity contribution is 5.75. The Morgan fingerprint density at radius 1 is 0.933 bits per heavy atom.